The van der Waals surface area contributed by atoms with Crippen LogP contribution in [-0.2, 0) is 4.74 Å². The molecule has 1 aliphatic rings. The molecule has 0 fully saturated rings. The van der Waals surface area contributed by atoms with E-state index in [9.17, 15) is 43.9 Å². The molecule has 0 radical (unpaired) electrons. The molecule has 0 saturated carbocycles. The molecule has 0 unspecified atom stereocenters. The highest BCUT2D eigenvalue weighted by Gasteiger charge is 2.79. The smallest absolute Gasteiger partial charge is 0.442 e. The van der Waals surface area contributed by atoms with Gasteiger partial charge in [-0.25, -0.2) is 0 Å². The van der Waals surface area contributed by atoms with Crippen molar-refractivity contribution in [3.05, 3.63) is 11.5 Å². The zero-order valence-corrected chi connectivity index (χ0v) is 7.19. The van der Waals surface area contributed by atoms with Crippen LogP contribution in [0.15, 0.2) is 11.5 Å². The maximum Gasteiger partial charge on any atom is 0.460 e. The molecule has 0 aromatic carbocycles. The fourth-order valence-electron chi connectivity index (χ4n) is 0.790. The molecule has 0 aliphatic carbocycles. The molecule has 1 nitrogen and oxygen atoms in total. The van der Waals surface area contributed by atoms with Crippen LogP contribution in [0.4, 0.5) is 43.9 Å². The van der Waals surface area contributed by atoms with Crippen LogP contribution in [0.5, 0.6) is 0 Å². The molecule has 100 valence electrons. The highest BCUT2D eigenvalue weighted by Crippen LogP contribution is 2.57. The van der Waals surface area contributed by atoms with Crippen LogP contribution in [0.1, 0.15) is 0 Å². The van der Waals surface area contributed by atoms with Crippen molar-refractivity contribution < 1.29 is 48.6 Å². The van der Waals surface area contributed by atoms with E-state index in [1.807, 2.05) is 0 Å². The number of halogens is 10. The van der Waals surface area contributed by atoms with Gasteiger partial charge in [0.2, 0.25) is 5.76 Å². The molecular weight excluding hydrogens is 278 g/mol. The molecule has 1 heterocycles. The summed E-state index contributed by atoms with van der Waals surface area (Å²) in [6.07, 6.45) is -12.2. The average molecular weight is 278 g/mol. The van der Waals surface area contributed by atoms with Gasteiger partial charge in [0, 0.05) is 0 Å². The second-order valence-electron chi connectivity index (χ2n) is 2.90. The fourth-order valence-corrected chi connectivity index (χ4v) is 0.790. The summed E-state index contributed by atoms with van der Waals surface area (Å²) in [7, 11) is 0. The predicted octanol–water partition coefficient (Wildman–Crippen LogP) is 3.62. The molecule has 1 rings (SSSR count). The molecule has 0 spiro atoms. The van der Waals surface area contributed by atoms with Gasteiger partial charge in [0.15, 0.2) is 0 Å². The lowest BCUT2D eigenvalue weighted by Gasteiger charge is -2.24. The first kappa shape index (κ1) is 13.9. The highest BCUT2D eigenvalue weighted by molar-refractivity contribution is 5.31. The Balaban J connectivity index is 3.12. The first-order chi connectivity index (χ1) is 7.23. The van der Waals surface area contributed by atoms with Crippen LogP contribution in [-0.4, -0.2) is 24.2 Å². The first-order valence-electron chi connectivity index (χ1n) is 3.55. The van der Waals surface area contributed by atoms with Crippen LogP contribution >= 0.6 is 0 Å². The van der Waals surface area contributed by atoms with Gasteiger partial charge in [-0.3, -0.25) is 0 Å². The van der Waals surface area contributed by atoms with E-state index in [1.165, 1.54) is 0 Å². The number of hydrogen-bond acceptors (Lipinski definition) is 1. The Labute approximate surface area is 85.6 Å². The minimum absolute atomic E-state index is 2.54. The summed E-state index contributed by atoms with van der Waals surface area (Å²) < 4.78 is 122. The van der Waals surface area contributed by atoms with Crippen molar-refractivity contribution in [2.75, 3.05) is 0 Å². The number of hydrogen-bond donors (Lipinski definition) is 0. The van der Waals surface area contributed by atoms with Crippen molar-refractivity contribution in [1.82, 2.24) is 0 Å². The number of rotatable bonds is 2. The van der Waals surface area contributed by atoms with E-state index in [-0.39, 0.29) is 0 Å². The topological polar surface area (TPSA) is 12.5 Å². The summed E-state index contributed by atoms with van der Waals surface area (Å²) >= 11 is 0. The van der Waals surface area contributed by atoms with Crippen molar-refractivity contribution >= 4 is 0 Å². The van der Waals surface area contributed by atoms with Gasteiger partial charge in [-0.05, 0) is 0 Å². The molecule has 0 atom stereocenters. The normalized spacial score (nSPS) is 18.2. The van der Waals surface area contributed by atoms with Gasteiger partial charge in [0.05, 0.1) is 0 Å². The summed E-state index contributed by atoms with van der Waals surface area (Å²) in [4.78, 5) is 0. The third-order valence-corrected chi connectivity index (χ3v) is 1.66. The average Bonchev–Trinajstić information content (AvgIpc) is 2.77. The van der Waals surface area contributed by atoms with Crippen LogP contribution in [0.25, 0.3) is 0 Å². The lowest BCUT2D eigenvalue weighted by atomic mass is 10.1. The summed E-state index contributed by atoms with van der Waals surface area (Å²) in [6.45, 7) is 0. The van der Waals surface area contributed by atoms with Crippen LogP contribution in [0.2, 0.25) is 0 Å². The molecule has 11 heteroatoms. The molecule has 0 N–H and O–H groups in total. The Hall–Kier alpha value is -1.16. The number of ether oxygens (including phenoxy) is 1. The molecule has 0 aromatic heterocycles. The number of alkyl halides is 10. The predicted molar refractivity (Wildman–Crippen MR) is 30.1 cm³/mol. The van der Waals surface area contributed by atoms with Gasteiger partial charge < -0.3 is 4.74 Å². The van der Waals surface area contributed by atoms with E-state index in [4.69, 9.17) is 0 Å². The minimum atomic E-state index is -6.70. The van der Waals surface area contributed by atoms with E-state index in [0.717, 1.165) is 0 Å². The van der Waals surface area contributed by atoms with E-state index in [0.29, 0.717) is 0 Å². The van der Waals surface area contributed by atoms with Crippen LogP contribution in [0, 0.1) is 0 Å². The molecule has 0 amide bonds. The zero-order valence-electron chi connectivity index (χ0n) is 7.19. The number of allylic oxidation sites excluding steroid dienone is 2. The van der Waals surface area contributed by atoms with E-state index in [1.54, 1.807) is 0 Å². The second kappa shape index (κ2) is 3.19. The van der Waals surface area contributed by atoms with E-state index >= 15 is 0 Å². The van der Waals surface area contributed by atoms with Gasteiger partial charge in [0.25, 0.3) is 5.76 Å². The Morgan fingerprint density at radius 3 is 1.29 bits per heavy atom. The highest BCUT2D eigenvalue weighted by atomic mass is 19.4. The monoisotopic (exact) mass is 278 g/mol. The van der Waals surface area contributed by atoms with Crippen LogP contribution in [0.3, 0.4) is 0 Å². The second-order valence-corrected chi connectivity index (χ2v) is 2.90. The SMILES string of the molecule is FC(F)(F)C1=C(C(F)(F)C(F)(F)C(F)(F)F)O1. The maximum absolute atomic E-state index is 12.5. The van der Waals surface area contributed by atoms with Gasteiger partial charge in [-0.1, -0.05) is 0 Å². The molecule has 1 aliphatic heterocycles. The summed E-state index contributed by atoms with van der Waals surface area (Å²) in [6, 6.07) is 0. The third-order valence-electron chi connectivity index (χ3n) is 1.66. The van der Waals surface area contributed by atoms with Crippen molar-refractivity contribution in [3.63, 3.8) is 0 Å². The standard InChI is InChI=1S/C6F10O/c7-3(8,5(12,13)6(14,15)16)1-2(17-1)4(9,10)11. The molecule has 0 bridgehead atoms. The fraction of sp³-hybridized carbons (Fsp3) is 0.667. The maximum atomic E-state index is 12.5. The summed E-state index contributed by atoms with van der Waals surface area (Å²) in [5.74, 6) is -18.0. The molecule has 0 saturated heterocycles. The minimum Gasteiger partial charge on any atom is -0.442 e. The Morgan fingerprint density at radius 1 is 0.647 bits per heavy atom. The summed E-state index contributed by atoms with van der Waals surface area (Å²) in [5.41, 5.74) is 0. The van der Waals surface area contributed by atoms with Crippen LogP contribution < -0.4 is 0 Å². The van der Waals surface area contributed by atoms with Crippen molar-refractivity contribution in [2.24, 2.45) is 0 Å². The Bertz CT molecular complexity index is 358. The zero-order chi connectivity index (χ0) is 13.9. The molecular formula is C6F10O. The summed E-state index contributed by atoms with van der Waals surface area (Å²) in [5, 5.41) is 0. The third kappa shape index (κ3) is 2.02. The Kier molecular flexibility index (Phi) is 2.61. The Morgan fingerprint density at radius 2 is 1.06 bits per heavy atom. The van der Waals surface area contributed by atoms with Crippen molar-refractivity contribution in [3.8, 4) is 0 Å². The molecule has 17 heavy (non-hydrogen) atoms. The lowest BCUT2D eigenvalue weighted by molar-refractivity contribution is -0.346. The molecule has 0 aromatic rings. The first-order valence-corrected chi connectivity index (χ1v) is 3.55. The quantitative estimate of drug-likeness (QED) is 0.703. The van der Waals surface area contributed by atoms with Gasteiger partial charge in [-0.15, -0.1) is 0 Å². The van der Waals surface area contributed by atoms with E-state index in [2.05, 4.69) is 4.74 Å². The van der Waals surface area contributed by atoms with Gasteiger partial charge in [-0.2, -0.15) is 43.9 Å². The van der Waals surface area contributed by atoms with Crippen molar-refractivity contribution in [1.29, 1.82) is 0 Å². The van der Waals surface area contributed by atoms with Gasteiger partial charge >= 0.3 is 24.2 Å². The van der Waals surface area contributed by atoms with Gasteiger partial charge in [0.1, 0.15) is 0 Å². The lowest BCUT2D eigenvalue weighted by Crippen LogP contribution is -2.51. The van der Waals surface area contributed by atoms with E-state index < -0.39 is 35.7 Å². The largest absolute Gasteiger partial charge is 0.460 e. The van der Waals surface area contributed by atoms with Crippen molar-refractivity contribution in [2.45, 2.75) is 24.2 Å².